The number of rotatable bonds is 4. The molecule has 0 saturated carbocycles. The van der Waals surface area contributed by atoms with E-state index in [0.29, 0.717) is 10.7 Å². The largest absolute Gasteiger partial charge is 0.393 e. The maximum Gasteiger partial charge on any atom is 0.351 e. The van der Waals surface area contributed by atoms with Crippen LogP contribution >= 0.6 is 23.2 Å². The van der Waals surface area contributed by atoms with Gasteiger partial charge in [-0.25, -0.2) is 0 Å². The molecule has 0 spiro atoms. The highest BCUT2D eigenvalue weighted by Crippen LogP contribution is 2.36. The number of nitrogens with zero attached hydrogens (tertiary/aromatic N) is 1. The highest BCUT2D eigenvalue weighted by atomic mass is 35.5. The second-order valence-corrected chi connectivity index (χ2v) is 7.60. The van der Waals surface area contributed by atoms with Crippen molar-refractivity contribution in [2.75, 3.05) is 18.4 Å². The normalized spacial score (nSPS) is 15.3. The second kappa shape index (κ2) is 8.65. The molecule has 154 valence electrons. The summed E-state index contributed by atoms with van der Waals surface area (Å²) in [6.45, 7) is 0.0634. The zero-order valence-electron chi connectivity index (χ0n) is 15.2. The smallest absolute Gasteiger partial charge is 0.351 e. The fraction of sp³-hybridized carbons (Fsp3) is 0.300. The van der Waals surface area contributed by atoms with Gasteiger partial charge in [0.25, 0.3) is 11.8 Å². The van der Waals surface area contributed by atoms with E-state index < -0.39 is 29.4 Å². The molecule has 1 fully saturated rings. The summed E-state index contributed by atoms with van der Waals surface area (Å²) < 4.78 is 29.8. The van der Waals surface area contributed by atoms with Crippen molar-refractivity contribution in [3.63, 3.8) is 0 Å². The molecule has 2 N–H and O–H groups in total. The summed E-state index contributed by atoms with van der Waals surface area (Å²) in [5.41, 5.74) is -0.370. The number of halogens is 4. The topological polar surface area (TPSA) is 69.6 Å². The first-order chi connectivity index (χ1) is 13.7. The van der Waals surface area contributed by atoms with Crippen molar-refractivity contribution in [2.24, 2.45) is 0 Å². The van der Waals surface area contributed by atoms with Crippen LogP contribution in [0.3, 0.4) is 0 Å². The van der Waals surface area contributed by atoms with Gasteiger partial charge in [0.05, 0.1) is 16.7 Å². The van der Waals surface area contributed by atoms with Crippen molar-refractivity contribution in [3.05, 3.63) is 63.6 Å². The van der Waals surface area contributed by atoms with Gasteiger partial charge < -0.3 is 15.3 Å². The zero-order chi connectivity index (χ0) is 21.2. The fourth-order valence-electron chi connectivity index (χ4n) is 3.03. The minimum atomic E-state index is -3.91. The van der Waals surface area contributed by atoms with Gasteiger partial charge in [0.2, 0.25) is 0 Å². The lowest BCUT2D eigenvalue weighted by atomic mass is 10.0. The van der Waals surface area contributed by atoms with Crippen LogP contribution in [-0.4, -0.2) is 41.0 Å². The lowest BCUT2D eigenvalue weighted by molar-refractivity contribution is -0.161. The number of amides is 2. The Morgan fingerprint density at radius 3 is 2.31 bits per heavy atom. The van der Waals surface area contributed by atoms with Crippen molar-refractivity contribution >= 4 is 40.7 Å². The van der Waals surface area contributed by atoms with Crippen LogP contribution in [0.15, 0.2) is 42.5 Å². The van der Waals surface area contributed by atoms with Gasteiger partial charge in [0, 0.05) is 29.4 Å². The number of piperidine rings is 1. The van der Waals surface area contributed by atoms with Crippen molar-refractivity contribution in [1.82, 2.24) is 4.90 Å². The molecule has 1 aliphatic rings. The van der Waals surface area contributed by atoms with E-state index in [4.69, 9.17) is 23.2 Å². The Hall–Kier alpha value is -2.22. The number of anilines is 1. The van der Waals surface area contributed by atoms with Crippen LogP contribution in [0.4, 0.5) is 14.5 Å². The highest BCUT2D eigenvalue weighted by molar-refractivity contribution is 6.32. The molecule has 29 heavy (non-hydrogen) atoms. The summed E-state index contributed by atoms with van der Waals surface area (Å²) in [4.78, 5) is 25.9. The molecule has 2 aromatic carbocycles. The van der Waals surface area contributed by atoms with Gasteiger partial charge in [-0.3, -0.25) is 9.59 Å². The van der Waals surface area contributed by atoms with Crippen LogP contribution in [0, 0.1) is 0 Å². The number of nitrogens with one attached hydrogen (secondary N) is 1. The van der Waals surface area contributed by atoms with Gasteiger partial charge in [-0.2, -0.15) is 8.78 Å². The molecule has 0 aromatic heterocycles. The molecule has 5 nitrogen and oxygen atoms in total. The van der Waals surface area contributed by atoms with Gasteiger partial charge in [-0.1, -0.05) is 23.2 Å². The molecule has 9 heteroatoms. The van der Waals surface area contributed by atoms with Crippen LogP contribution in [0.25, 0.3) is 0 Å². The maximum absolute atomic E-state index is 14.9. The van der Waals surface area contributed by atoms with E-state index >= 15 is 0 Å². The van der Waals surface area contributed by atoms with Gasteiger partial charge >= 0.3 is 5.92 Å². The molecule has 1 heterocycles. The van der Waals surface area contributed by atoms with E-state index in [1.807, 2.05) is 0 Å². The molecule has 2 amide bonds. The van der Waals surface area contributed by atoms with Crippen molar-refractivity contribution < 1.29 is 23.5 Å². The predicted octanol–water partition coefficient (Wildman–Crippen LogP) is 4.32. The summed E-state index contributed by atoms with van der Waals surface area (Å²) in [6.07, 6.45) is -0.130. The molecule has 1 saturated heterocycles. The molecule has 0 aliphatic carbocycles. The lowest BCUT2D eigenvalue weighted by Gasteiger charge is -2.32. The third-order valence-electron chi connectivity index (χ3n) is 4.69. The Morgan fingerprint density at radius 2 is 1.69 bits per heavy atom. The number of aliphatic hydroxyl groups is 1. The minimum absolute atomic E-state index is 0.0317. The standard InChI is InChI=1S/C20H18Cl2F2N2O3/c21-13-2-4-14(5-3-13)25-18(28)12-1-6-17(22)16(11-12)20(23,24)19(29)26-9-7-15(27)8-10-26/h1-6,11,15,27H,7-10H2,(H,25,28). The van der Waals surface area contributed by atoms with E-state index in [-0.39, 0.29) is 36.5 Å². The molecular weight excluding hydrogens is 425 g/mol. The van der Waals surface area contributed by atoms with Gasteiger partial charge in [0.15, 0.2) is 0 Å². The number of carbonyl (C=O) groups excluding carboxylic acids is 2. The number of aliphatic hydroxyl groups excluding tert-OH is 1. The molecule has 2 aromatic rings. The van der Waals surface area contributed by atoms with E-state index in [9.17, 15) is 23.5 Å². The van der Waals surface area contributed by atoms with Crippen LogP contribution in [0.5, 0.6) is 0 Å². The summed E-state index contributed by atoms with van der Waals surface area (Å²) >= 11 is 11.7. The lowest BCUT2D eigenvalue weighted by Crippen LogP contribution is -2.47. The van der Waals surface area contributed by atoms with Gasteiger partial charge in [-0.15, -0.1) is 0 Å². The third-order valence-corrected chi connectivity index (χ3v) is 5.27. The predicted molar refractivity (Wildman–Crippen MR) is 107 cm³/mol. The molecule has 1 aliphatic heterocycles. The Bertz CT molecular complexity index is 914. The van der Waals surface area contributed by atoms with Crippen molar-refractivity contribution in [3.8, 4) is 0 Å². The Balaban J connectivity index is 1.82. The zero-order valence-corrected chi connectivity index (χ0v) is 16.7. The maximum atomic E-state index is 14.9. The first kappa shape index (κ1) is 21.5. The number of hydrogen-bond acceptors (Lipinski definition) is 3. The fourth-order valence-corrected chi connectivity index (χ4v) is 3.39. The first-order valence-electron chi connectivity index (χ1n) is 8.90. The monoisotopic (exact) mass is 442 g/mol. The van der Waals surface area contributed by atoms with Crippen LogP contribution in [-0.2, 0) is 10.7 Å². The van der Waals surface area contributed by atoms with E-state index in [0.717, 1.165) is 17.0 Å². The SMILES string of the molecule is O=C(Nc1ccc(Cl)cc1)c1ccc(Cl)c(C(F)(F)C(=O)N2CCC(O)CC2)c1. The van der Waals surface area contributed by atoms with Crippen molar-refractivity contribution in [1.29, 1.82) is 0 Å². The van der Waals surface area contributed by atoms with Gasteiger partial charge in [-0.05, 0) is 55.3 Å². The summed E-state index contributed by atoms with van der Waals surface area (Å²) in [6, 6.07) is 9.67. The average Bonchev–Trinajstić information content (AvgIpc) is 2.70. The number of likely N-dealkylation sites (tertiary alicyclic amines) is 1. The van der Waals surface area contributed by atoms with E-state index in [2.05, 4.69) is 5.32 Å². The number of hydrogen-bond donors (Lipinski definition) is 2. The first-order valence-corrected chi connectivity index (χ1v) is 9.66. The van der Waals surface area contributed by atoms with Crippen LogP contribution in [0.2, 0.25) is 10.0 Å². The quantitative estimate of drug-likeness (QED) is 0.740. The van der Waals surface area contributed by atoms with E-state index in [1.165, 1.54) is 6.07 Å². The highest BCUT2D eigenvalue weighted by Gasteiger charge is 2.46. The Morgan fingerprint density at radius 1 is 1.07 bits per heavy atom. The molecule has 3 rings (SSSR count). The Kier molecular flexibility index (Phi) is 6.41. The number of benzene rings is 2. The molecular formula is C20H18Cl2F2N2O3. The van der Waals surface area contributed by atoms with E-state index in [1.54, 1.807) is 24.3 Å². The summed E-state index contributed by atoms with van der Waals surface area (Å²) in [5, 5.41) is 12.3. The Labute approximate surface area is 176 Å². The number of alkyl halides is 2. The molecule has 0 unspecified atom stereocenters. The van der Waals surface area contributed by atoms with Crippen LogP contribution in [0.1, 0.15) is 28.8 Å². The third kappa shape index (κ3) is 4.86. The van der Waals surface area contributed by atoms with Gasteiger partial charge in [0.1, 0.15) is 0 Å². The van der Waals surface area contributed by atoms with Crippen LogP contribution < -0.4 is 5.32 Å². The van der Waals surface area contributed by atoms with Crippen molar-refractivity contribution in [2.45, 2.75) is 24.9 Å². The summed E-state index contributed by atoms with van der Waals surface area (Å²) in [7, 11) is 0. The summed E-state index contributed by atoms with van der Waals surface area (Å²) in [5.74, 6) is -5.94. The minimum Gasteiger partial charge on any atom is -0.393 e. The molecule has 0 atom stereocenters. The second-order valence-electron chi connectivity index (χ2n) is 6.75. The average molecular weight is 443 g/mol. The molecule has 0 bridgehead atoms. The number of carbonyl (C=O) groups is 2. The molecule has 0 radical (unpaired) electrons.